The predicted octanol–water partition coefficient (Wildman–Crippen LogP) is 3.84. The summed E-state index contributed by atoms with van der Waals surface area (Å²) in [5.74, 6) is -1.20. The monoisotopic (exact) mass is 446 g/mol. The van der Waals surface area contributed by atoms with Crippen LogP contribution in [0.5, 0.6) is 0 Å². The van der Waals surface area contributed by atoms with E-state index in [-0.39, 0.29) is 40.4 Å². The van der Waals surface area contributed by atoms with E-state index in [0.717, 1.165) is 0 Å². The third-order valence-electron chi connectivity index (χ3n) is 3.61. The van der Waals surface area contributed by atoms with E-state index in [4.69, 9.17) is 5.26 Å². The molecule has 24 heavy (non-hydrogen) atoms. The molecule has 1 aliphatic carbocycles. The van der Waals surface area contributed by atoms with Crippen molar-refractivity contribution in [1.29, 1.82) is 5.26 Å². The topological polar surface area (TPSA) is 87.0 Å². The van der Waals surface area contributed by atoms with Gasteiger partial charge < -0.3 is 5.32 Å². The Kier molecular flexibility index (Phi) is 4.35. The zero-order valence-corrected chi connectivity index (χ0v) is 15.2. The zero-order chi connectivity index (χ0) is 17.4. The van der Waals surface area contributed by atoms with E-state index >= 15 is 0 Å². The summed E-state index contributed by atoms with van der Waals surface area (Å²) in [7, 11) is 0. The molecular formula is C17H8Br2N2O3. The van der Waals surface area contributed by atoms with Gasteiger partial charge in [-0.25, -0.2) is 0 Å². The first-order chi connectivity index (χ1) is 11.5. The molecule has 0 aromatic heterocycles. The standard InChI is InChI=1S/C17H8Br2N2O3/c18-10-7-11(19)15(21-12(22)5-6-20)14-13(10)16(23)8-3-1-2-4-9(8)17(14)24/h1-4,7H,5H2,(H,21,22). The number of nitriles is 1. The Morgan fingerprint density at radius 3 is 2.21 bits per heavy atom. The van der Waals surface area contributed by atoms with E-state index in [1.165, 1.54) is 0 Å². The highest BCUT2D eigenvalue weighted by atomic mass is 79.9. The molecule has 0 bridgehead atoms. The first-order valence-electron chi connectivity index (χ1n) is 6.83. The van der Waals surface area contributed by atoms with Crippen molar-refractivity contribution in [2.24, 2.45) is 0 Å². The van der Waals surface area contributed by atoms with Crippen molar-refractivity contribution in [2.45, 2.75) is 6.42 Å². The lowest BCUT2D eigenvalue weighted by atomic mass is 9.83. The van der Waals surface area contributed by atoms with Crippen molar-refractivity contribution in [3.05, 3.63) is 61.5 Å². The molecule has 0 atom stereocenters. The lowest BCUT2D eigenvalue weighted by molar-refractivity contribution is -0.115. The molecule has 0 radical (unpaired) electrons. The summed E-state index contributed by atoms with van der Waals surface area (Å²) in [4.78, 5) is 37.5. The maximum Gasteiger partial charge on any atom is 0.238 e. The second-order valence-corrected chi connectivity index (χ2v) is 6.76. The summed E-state index contributed by atoms with van der Waals surface area (Å²) < 4.78 is 0.899. The molecule has 118 valence electrons. The molecule has 0 saturated carbocycles. The summed E-state index contributed by atoms with van der Waals surface area (Å²) in [6.45, 7) is 0. The van der Waals surface area contributed by atoms with Gasteiger partial charge >= 0.3 is 0 Å². The molecule has 0 heterocycles. The molecule has 0 saturated heterocycles. The minimum atomic E-state index is -0.554. The number of hydrogen-bond donors (Lipinski definition) is 1. The first-order valence-corrected chi connectivity index (χ1v) is 8.41. The van der Waals surface area contributed by atoms with Gasteiger partial charge in [-0.3, -0.25) is 14.4 Å². The fourth-order valence-electron chi connectivity index (χ4n) is 2.59. The Morgan fingerprint density at radius 2 is 1.62 bits per heavy atom. The molecule has 5 nitrogen and oxygen atoms in total. The van der Waals surface area contributed by atoms with E-state index < -0.39 is 5.91 Å². The van der Waals surface area contributed by atoms with Crippen LogP contribution in [0.1, 0.15) is 38.3 Å². The number of halogens is 2. The largest absolute Gasteiger partial charge is 0.324 e. The average molecular weight is 448 g/mol. The second kappa shape index (κ2) is 6.30. The number of carbonyl (C=O) groups is 3. The Morgan fingerprint density at radius 1 is 1.04 bits per heavy atom. The van der Waals surface area contributed by atoms with E-state index in [9.17, 15) is 14.4 Å². The number of fused-ring (bicyclic) bond motifs is 2. The summed E-state index contributed by atoms with van der Waals surface area (Å²) in [5, 5.41) is 11.2. The highest BCUT2D eigenvalue weighted by Crippen LogP contribution is 2.40. The van der Waals surface area contributed by atoms with Gasteiger partial charge in [0, 0.05) is 20.1 Å². The summed E-state index contributed by atoms with van der Waals surface area (Å²) >= 11 is 6.62. The summed E-state index contributed by atoms with van der Waals surface area (Å²) in [6.07, 6.45) is -0.351. The van der Waals surface area contributed by atoms with Crippen molar-refractivity contribution < 1.29 is 14.4 Å². The maximum atomic E-state index is 12.9. The Hall–Kier alpha value is -2.30. The van der Waals surface area contributed by atoms with Crippen molar-refractivity contribution in [2.75, 3.05) is 5.32 Å². The van der Waals surface area contributed by atoms with Gasteiger partial charge in [0.2, 0.25) is 5.91 Å². The SMILES string of the molecule is N#CCC(=O)Nc1c(Br)cc(Br)c2c1C(=O)c1ccccc1C2=O. The Labute approximate surface area is 153 Å². The highest BCUT2D eigenvalue weighted by Gasteiger charge is 2.34. The third kappa shape index (κ3) is 2.58. The van der Waals surface area contributed by atoms with Crippen LogP contribution in [0.25, 0.3) is 0 Å². The van der Waals surface area contributed by atoms with Crippen LogP contribution >= 0.6 is 31.9 Å². The van der Waals surface area contributed by atoms with Crippen LogP contribution in [0.3, 0.4) is 0 Å². The molecule has 0 fully saturated rings. The number of benzene rings is 2. The van der Waals surface area contributed by atoms with Crippen LogP contribution in [0, 0.1) is 11.3 Å². The fraction of sp³-hybridized carbons (Fsp3) is 0.0588. The number of hydrogen-bond acceptors (Lipinski definition) is 4. The Balaban J connectivity index is 2.26. The lowest BCUT2D eigenvalue weighted by Crippen LogP contribution is -2.24. The molecule has 3 rings (SSSR count). The molecule has 7 heteroatoms. The molecule has 2 aromatic rings. The molecule has 0 unspecified atom stereocenters. The number of nitrogens with zero attached hydrogens (tertiary/aromatic N) is 1. The predicted molar refractivity (Wildman–Crippen MR) is 94.0 cm³/mol. The third-order valence-corrected chi connectivity index (χ3v) is 4.86. The summed E-state index contributed by atoms with van der Waals surface area (Å²) in [6, 6.07) is 9.89. The van der Waals surface area contributed by atoms with Crippen molar-refractivity contribution in [3.63, 3.8) is 0 Å². The number of rotatable bonds is 2. The quantitative estimate of drug-likeness (QED) is 0.646. The van der Waals surface area contributed by atoms with Crippen molar-refractivity contribution >= 4 is 55.0 Å². The first kappa shape index (κ1) is 16.6. The van der Waals surface area contributed by atoms with E-state index in [2.05, 4.69) is 37.2 Å². The van der Waals surface area contributed by atoms with E-state index in [1.54, 1.807) is 36.4 Å². The summed E-state index contributed by atoms with van der Waals surface area (Å²) in [5.41, 5.74) is 1.13. The number of anilines is 1. The van der Waals surface area contributed by atoms with Crippen LogP contribution in [-0.4, -0.2) is 17.5 Å². The molecule has 0 spiro atoms. The van der Waals surface area contributed by atoms with E-state index in [1.807, 2.05) is 0 Å². The van der Waals surface area contributed by atoms with Gasteiger partial charge in [-0.2, -0.15) is 5.26 Å². The number of amides is 1. The molecular weight excluding hydrogens is 440 g/mol. The van der Waals surface area contributed by atoms with Crippen LogP contribution in [0.2, 0.25) is 0 Å². The molecule has 2 aromatic carbocycles. The smallest absolute Gasteiger partial charge is 0.238 e. The highest BCUT2D eigenvalue weighted by molar-refractivity contribution is 9.11. The Bertz CT molecular complexity index is 961. The van der Waals surface area contributed by atoms with E-state index in [0.29, 0.717) is 14.5 Å². The van der Waals surface area contributed by atoms with Crippen LogP contribution < -0.4 is 5.32 Å². The molecule has 1 N–H and O–H groups in total. The van der Waals surface area contributed by atoms with Crippen LogP contribution in [-0.2, 0) is 4.79 Å². The van der Waals surface area contributed by atoms with Crippen molar-refractivity contribution in [1.82, 2.24) is 0 Å². The number of ketones is 2. The van der Waals surface area contributed by atoms with Gasteiger partial charge in [0.1, 0.15) is 6.42 Å². The molecule has 1 amide bonds. The second-order valence-electron chi connectivity index (χ2n) is 5.05. The number of nitrogens with one attached hydrogen (secondary N) is 1. The zero-order valence-electron chi connectivity index (χ0n) is 12.0. The van der Waals surface area contributed by atoms with Crippen LogP contribution in [0.4, 0.5) is 5.69 Å². The van der Waals surface area contributed by atoms with Crippen molar-refractivity contribution in [3.8, 4) is 6.07 Å². The van der Waals surface area contributed by atoms with Gasteiger partial charge in [-0.05, 0) is 37.9 Å². The fourth-order valence-corrected chi connectivity index (χ4v) is 4.04. The average Bonchev–Trinajstić information content (AvgIpc) is 2.55. The van der Waals surface area contributed by atoms with Gasteiger partial charge in [-0.15, -0.1) is 0 Å². The normalized spacial score (nSPS) is 12.2. The van der Waals surface area contributed by atoms with Crippen LogP contribution in [0.15, 0.2) is 39.3 Å². The molecule has 0 aliphatic heterocycles. The van der Waals surface area contributed by atoms with Gasteiger partial charge in [-0.1, -0.05) is 24.3 Å². The van der Waals surface area contributed by atoms with Gasteiger partial charge in [0.15, 0.2) is 11.6 Å². The molecule has 1 aliphatic rings. The minimum absolute atomic E-state index is 0.117. The van der Waals surface area contributed by atoms with Gasteiger partial charge in [0.25, 0.3) is 0 Å². The number of carbonyl (C=O) groups excluding carboxylic acids is 3. The maximum absolute atomic E-state index is 12.9. The lowest BCUT2D eigenvalue weighted by Gasteiger charge is -2.22. The minimum Gasteiger partial charge on any atom is -0.324 e. The van der Waals surface area contributed by atoms with Gasteiger partial charge in [0.05, 0.1) is 22.9 Å².